The molecular formula is C29H39F4N5O6. The van der Waals surface area contributed by atoms with Gasteiger partial charge in [-0.1, -0.05) is 0 Å². The van der Waals surface area contributed by atoms with Crippen LogP contribution in [0.3, 0.4) is 0 Å². The first-order valence-corrected chi connectivity index (χ1v) is 14.4. The molecule has 6 atom stereocenters. The number of methoxy groups -OCH3 is 1. The van der Waals surface area contributed by atoms with Crippen LogP contribution in [-0.4, -0.2) is 92.2 Å². The average Bonchev–Trinajstić information content (AvgIpc) is 3.31. The molecule has 0 radical (unpaired) electrons. The van der Waals surface area contributed by atoms with Gasteiger partial charge in [0.15, 0.2) is 11.6 Å². The number of benzene rings is 1. The number of fused-ring (bicyclic) bond motifs is 1. The van der Waals surface area contributed by atoms with E-state index in [0.29, 0.717) is 13.1 Å². The molecule has 1 saturated carbocycles. The number of nitrogens with two attached hydrogens (primary N) is 1. The molecule has 2 aliphatic heterocycles. The van der Waals surface area contributed by atoms with Gasteiger partial charge in [0, 0.05) is 56.7 Å². The van der Waals surface area contributed by atoms with Crippen LogP contribution < -0.4 is 31.4 Å². The number of carbonyl (C=O) groups excluding carboxylic acids is 1. The first-order valence-electron chi connectivity index (χ1n) is 14.4. The molecule has 1 aromatic carbocycles. The lowest BCUT2D eigenvalue weighted by atomic mass is 10.1. The Hall–Kier alpha value is -3.59. The Labute approximate surface area is 251 Å². The van der Waals surface area contributed by atoms with E-state index in [2.05, 4.69) is 10.6 Å². The molecule has 1 aliphatic carbocycles. The third-order valence-electron chi connectivity index (χ3n) is 7.92. The molecule has 2 saturated heterocycles. The van der Waals surface area contributed by atoms with E-state index in [-0.39, 0.29) is 53.8 Å². The Bertz CT molecular complexity index is 1450. The van der Waals surface area contributed by atoms with Crippen molar-refractivity contribution in [2.75, 3.05) is 51.5 Å². The summed E-state index contributed by atoms with van der Waals surface area (Å²) in [4.78, 5) is 37.1. The summed E-state index contributed by atoms with van der Waals surface area (Å²) in [5, 5.41) is 14.8. The quantitative estimate of drug-likeness (QED) is 0.340. The highest BCUT2D eigenvalue weighted by molar-refractivity contribution is 5.97. The van der Waals surface area contributed by atoms with E-state index in [9.17, 15) is 32.7 Å². The highest BCUT2D eigenvalue weighted by Crippen LogP contribution is 2.46. The van der Waals surface area contributed by atoms with Crippen LogP contribution in [0.2, 0.25) is 0 Å². The normalized spacial score (nSPS) is 26.2. The van der Waals surface area contributed by atoms with Gasteiger partial charge in [0.2, 0.25) is 5.43 Å². The van der Waals surface area contributed by atoms with Crippen LogP contribution in [0.4, 0.5) is 28.0 Å². The van der Waals surface area contributed by atoms with Gasteiger partial charge < -0.3 is 40.4 Å². The van der Waals surface area contributed by atoms with Gasteiger partial charge >= 0.3 is 12.1 Å². The summed E-state index contributed by atoms with van der Waals surface area (Å²) in [6.07, 6.45) is -0.473. The fourth-order valence-corrected chi connectivity index (χ4v) is 5.55. The Morgan fingerprint density at radius 3 is 2.36 bits per heavy atom. The molecule has 15 heteroatoms. The summed E-state index contributed by atoms with van der Waals surface area (Å²) in [6.45, 7) is 5.86. The van der Waals surface area contributed by atoms with E-state index in [1.807, 2.05) is 0 Å². The Morgan fingerprint density at radius 1 is 1.18 bits per heavy atom. The maximum Gasteiger partial charge on any atom is 0.407 e. The minimum absolute atomic E-state index is 0.00122. The average molecular weight is 630 g/mol. The number of alkyl halides is 3. The van der Waals surface area contributed by atoms with Gasteiger partial charge in [-0.05, 0) is 26.8 Å². The number of hydrogen-bond donors (Lipinski definition) is 4. The molecule has 3 heterocycles. The number of pyridine rings is 1. The molecule has 5 N–H and O–H groups in total. The third kappa shape index (κ3) is 7.04. The number of carbonyl (C=O) groups is 2. The van der Waals surface area contributed by atoms with Crippen molar-refractivity contribution >= 4 is 28.7 Å². The van der Waals surface area contributed by atoms with Gasteiger partial charge in [0.05, 0.1) is 43.4 Å². The minimum Gasteiger partial charge on any atom is -0.492 e. The predicted octanol–water partition coefficient (Wildman–Crippen LogP) is 2.93. The molecule has 0 spiro atoms. The molecule has 1 aromatic heterocycles. The maximum atomic E-state index is 15.1. The van der Waals surface area contributed by atoms with E-state index in [1.165, 1.54) is 11.7 Å². The number of carboxylic acids is 1. The number of halogens is 4. The van der Waals surface area contributed by atoms with Gasteiger partial charge in [0.1, 0.15) is 23.0 Å². The molecule has 0 unspecified atom stereocenters. The molecule has 1 amide bonds. The van der Waals surface area contributed by atoms with Gasteiger partial charge in [-0.25, -0.2) is 18.4 Å². The van der Waals surface area contributed by atoms with Crippen LogP contribution in [-0.2, 0) is 4.74 Å². The number of carboxylic acid groups (broad SMARTS) is 1. The number of hydrogen-bond acceptors (Lipinski definition) is 8. The number of rotatable bonds is 7. The lowest BCUT2D eigenvalue weighted by Gasteiger charge is -2.24. The second-order valence-corrected chi connectivity index (χ2v) is 12.3. The van der Waals surface area contributed by atoms with E-state index < -0.39 is 72.0 Å². The number of aromatic carboxylic acids is 1. The third-order valence-corrected chi connectivity index (χ3v) is 7.92. The fourth-order valence-electron chi connectivity index (χ4n) is 5.55. The topological polar surface area (TPSA) is 148 Å². The van der Waals surface area contributed by atoms with E-state index in [4.69, 9.17) is 15.2 Å². The molecular weight excluding hydrogens is 590 g/mol. The van der Waals surface area contributed by atoms with Crippen LogP contribution in [0.25, 0.3) is 10.9 Å². The van der Waals surface area contributed by atoms with Crippen molar-refractivity contribution in [1.29, 1.82) is 0 Å². The van der Waals surface area contributed by atoms with Crippen molar-refractivity contribution in [3.05, 3.63) is 33.9 Å². The zero-order chi connectivity index (χ0) is 32.5. The van der Waals surface area contributed by atoms with Gasteiger partial charge in [-0.2, -0.15) is 0 Å². The van der Waals surface area contributed by atoms with Crippen LogP contribution in [0.15, 0.2) is 17.1 Å². The van der Waals surface area contributed by atoms with Gasteiger partial charge in [-0.3, -0.25) is 13.6 Å². The Morgan fingerprint density at radius 2 is 1.84 bits per heavy atom. The number of aromatic nitrogens is 1. The molecule has 3 aliphatic rings. The maximum absolute atomic E-state index is 15.1. The number of anilines is 1. The van der Waals surface area contributed by atoms with E-state index >= 15 is 4.39 Å². The van der Waals surface area contributed by atoms with Gasteiger partial charge in [-0.15, -0.1) is 0 Å². The van der Waals surface area contributed by atoms with Crippen molar-refractivity contribution in [2.24, 2.45) is 17.6 Å². The second-order valence-electron chi connectivity index (χ2n) is 12.3. The smallest absolute Gasteiger partial charge is 0.407 e. The van der Waals surface area contributed by atoms with Crippen molar-refractivity contribution < 1.29 is 41.7 Å². The standard InChI is InChI=1S/C19H20F3N3O4.C10H19FN2O2/c1-29-18-15-9(2-12(22)16(18)24-5-8(4-20)13(23)7-24)17(26)10(19(27)28)6-25(15)14-3-11(14)21;1-10(2,3)15-9(14)13-8-6-12-5-7(8)4-11/h2,6,8,11,13-14H,3-5,7,23H2,1H3,(H,27,28);7-8,12H,4-6H2,1-3H3,(H,13,14)/t8-,11-,13+,14+;7-,8+/m00/s1. The number of ether oxygens (including phenoxy) is 2. The van der Waals surface area contributed by atoms with Crippen molar-refractivity contribution in [3.8, 4) is 5.75 Å². The molecule has 11 nitrogen and oxygen atoms in total. The lowest BCUT2D eigenvalue weighted by molar-refractivity contribution is 0.0494. The zero-order valence-electron chi connectivity index (χ0n) is 25.0. The summed E-state index contributed by atoms with van der Waals surface area (Å²) >= 11 is 0. The van der Waals surface area contributed by atoms with Gasteiger partial charge in [0.25, 0.3) is 0 Å². The fraction of sp³-hybridized carbons (Fsp3) is 0.621. The monoisotopic (exact) mass is 629 g/mol. The summed E-state index contributed by atoms with van der Waals surface area (Å²) < 4.78 is 66.5. The van der Waals surface area contributed by atoms with Crippen molar-refractivity contribution in [3.63, 3.8) is 0 Å². The van der Waals surface area contributed by atoms with Crippen LogP contribution in [0.5, 0.6) is 5.75 Å². The largest absolute Gasteiger partial charge is 0.492 e. The molecule has 3 fully saturated rings. The Balaban J connectivity index is 0.000000249. The van der Waals surface area contributed by atoms with E-state index in [1.54, 1.807) is 25.7 Å². The number of nitrogens with one attached hydrogen (secondary N) is 2. The molecule has 2 aromatic rings. The summed E-state index contributed by atoms with van der Waals surface area (Å²) in [5.41, 5.74) is 4.08. The van der Waals surface area contributed by atoms with E-state index in [0.717, 1.165) is 12.3 Å². The molecule has 44 heavy (non-hydrogen) atoms. The minimum atomic E-state index is -1.48. The van der Waals surface area contributed by atoms with Crippen molar-refractivity contribution in [1.82, 2.24) is 15.2 Å². The number of nitrogens with zero attached hydrogens (tertiary/aromatic N) is 2. The number of amides is 1. The molecule has 0 bridgehead atoms. The van der Waals surface area contributed by atoms with Crippen molar-refractivity contribution in [2.45, 2.75) is 57.1 Å². The molecule has 244 valence electrons. The lowest BCUT2D eigenvalue weighted by Crippen LogP contribution is -2.43. The first kappa shape index (κ1) is 33.3. The van der Waals surface area contributed by atoms with Crippen LogP contribution in [0.1, 0.15) is 43.6 Å². The highest BCUT2D eigenvalue weighted by atomic mass is 19.1. The van der Waals surface area contributed by atoms with Crippen LogP contribution in [0, 0.1) is 17.7 Å². The SMILES string of the molecule is CC(C)(C)OC(=O)N[C@@H]1CNC[C@@H]1CF.COc1c(N2C[C@H](CF)[C@H](N)C2)c(F)cc2c(=O)c(C(=O)O)cn([C@@H]3C[C@@H]3F)c12. The zero-order valence-corrected chi connectivity index (χ0v) is 25.0. The summed E-state index contributed by atoms with van der Waals surface area (Å²) in [7, 11) is 1.28. The molecule has 5 rings (SSSR count). The predicted molar refractivity (Wildman–Crippen MR) is 155 cm³/mol. The summed E-state index contributed by atoms with van der Waals surface area (Å²) in [6, 6.07) is -0.412. The first-order chi connectivity index (χ1) is 20.7. The summed E-state index contributed by atoms with van der Waals surface area (Å²) in [5.74, 6) is -2.95. The second kappa shape index (κ2) is 13.2. The highest BCUT2D eigenvalue weighted by Gasteiger charge is 2.42. The Kier molecular flexibility index (Phi) is 9.98. The van der Waals surface area contributed by atoms with Crippen LogP contribution >= 0.6 is 0 Å². The number of alkyl carbamates (subject to hydrolysis) is 1.